The molecule has 4 N–H and O–H groups in total. The van der Waals surface area contributed by atoms with Crippen molar-refractivity contribution in [2.24, 2.45) is 0 Å². The summed E-state index contributed by atoms with van der Waals surface area (Å²) in [6.45, 7) is 1.72. The molecule has 2 rings (SSSR count). The van der Waals surface area contributed by atoms with Crippen LogP contribution in [0.3, 0.4) is 0 Å². The van der Waals surface area contributed by atoms with Crippen LogP contribution >= 0.6 is 0 Å². The first-order valence-electron chi connectivity index (χ1n) is 6.30. The van der Waals surface area contributed by atoms with E-state index in [1.54, 1.807) is 13.0 Å². The highest BCUT2D eigenvalue weighted by Gasteiger charge is 2.15. The third-order valence-electron chi connectivity index (χ3n) is 2.97. The Balaban J connectivity index is 2.50. The predicted octanol–water partition coefficient (Wildman–Crippen LogP) is 2.62. The van der Waals surface area contributed by atoms with Gasteiger partial charge < -0.3 is 25.2 Å². The first-order chi connectivity index (χ1) is 10.4. The molecule has 0 saturated carbocycles. The van der Waals surface area contributed by atoms with Gasteiger partial charge in [0.1, 0.15) is 11.5 Å². The molecular formula is C16H14O6. The topological polar surface area (TPSA) is 107 Å². The summed E-state index contributed by atoms with van der Waals surface area (Å²) in [6, 6.07) is 8.10. The van der Waals surface area contributed by atoms with Gasteiger partial charge in [-0.05, 0) is 36.8 Å². The van der Waals surface area contributed by atoms with Gasteiger partial charge in [0.15, 0.2) is 29.3 Å². The zero-order chi connectivity index (χ0) is 16.3. The summed E-state index contributed by atoms with van der Waals surface area (Å²) in [5.74, 6) is -1.48. The lowest BCUT2D eigenvalue weighted by Crippen LogP contribution is -2.02. The minimum Gasteiger partial charge on any atom is -0.508 e. The number of carbonyl (C=O) groups excluding carboxylic acids is 1. The molecule has 0 radical (unpaired) electrons. The quantitative estimate of drug-likeness (QED) is 0.299. The fraction of sp³-hybridized carbons (Fsp3) is 0.0625. The largest absolute Gasteiger partial charge is 0.508 e. The Morgan fingerprint density at radius 3 is 2.41 bits per heavy atom. The van der Waals surface area contributed by atoms with Gasteiger partial charge in [-0.2, -0.15) is 0 Å². The Bertz CT molecular complexity index is 748. The lowest BCUT2D eigenvalue weighted by atomic mass is 10.1. The van der Waals surface area contributed by atoms with Crippen molar-refractivity contribution in [3.05, 3.63) is 53.3 Å². The number of rotatable bonds is 4. The predicted molar refractivity (Wildman–Crippen MR) is 78.9 cm³/mol. The van der Waals surface area contributed by atoms with Crippen LogP contribution in [0.2, 0.25) is 0 Å². The highest BCUT2D eigenvalue weighted by Crippen LogP contribution is 2.32. The molecule has 0 aromatic heterocycles. The first-order valence-corrected chi connectivity index (χ1v) is 6.30. The van der Waals surface area contributed by atoms with E-state index in [0.29, 0.717) is 5.56 Å². The van der Waals surface area contributed by atoms with Crippen LogP contribution in [0.15, 0.2) is 42.2 Å². The Kier molecular flexibility index (Phi) is 4.22. The molecule has 6 nitrogen and oxygen atoms in total. The molecule has 0 fully saturated rings. The van der Waals surface area contributed by atoms with E-state index in [4.69, 9.17) is 4.74 Å². The minimum atomic E-state index is -0.687. The molecular weight excluding hydrogens is 288 g/mol. The Morgan fingerprint density at radius 1 is 1.05 bits per heavy atom. The normalized spacial score (nSPS) is 11.7. The second kappa shape index (κ2) is 6.09. The molecule has 0 unspecified atom stereocenters. The van der Waals surface area contributed by atoms with Gasteiger partial charge >= 0.3 is 0 Å². The van der Waals surface area contributed by atoms with Crippen LogP contribution in [0.4, 0.5) is 0 Å². The molecule has 2 aromatic rings. The van der Waals surface area contributed by atoms with Gasteiger partial charge in [0.05, 0.1) is 0 Å². The summed E-state index contributed by atoms with van der Waals surface area (Å²) in [4.78, 5) is 10.9. The Labute approximate surface area is 126 Å². The van der Waals surface area contributed by atoms with E-state index >= 15 is 0 Å². The van der Waals surface area contributed by atoms with E-state index in [9.17, 15) is 25.2 Å². The average Bonchev–Trinajstić information content (AvgIpc) is 2.50. The summed E-state index contributed by atoms with van der Waals surface area (Å²) >= 11 is 0. The van der Waals surface area contributed by atoms with Crippen LogP contribution in [0, 0.1) is 6.92 Å². The summed E-state index contributed by atoms with van der Waals surface area (Å²) < 4.78 is 5.51. The number of allylic oxidation sites excluding steroid dienone is 1. The average molecular weight is 302 g/mol. The number of phenols is 3. The molecule has 0 saturated heterocycles. The Morgan fingerprint density at radius 2 is 1.77 bits per heavy atom. The number of phenolic OH excluding ortho intramolecular Hbond substituents is 3. The SMILES string of the molecule is Cc1ccc(O)cc1O/C(=C(/O)C=O)c1ccc(O)c(O)c1. The van der Waals surface area contributed by atoms with Crippen molar-refractivity contribution in [2.45, 2.75) is 6.92 Å². The molecule has 0 spiro atoms. The molecule has 6 heteroatoms. The van der Waals surface area contributed by atoms with Gasteiger partial charge in [-0.15, -0.1) is 0 Å². The number of hydrogen-bond donors (Lipinski definition) is 4. The highest BCUT2D eigenvalue weighted by atomic mass is 16.5. The number of aliphatic hydroxyl groups is 1. The standard InChI is InChI=1S/C16H14O6/c1-9-2-4-11(18)7-15(9)22-16(14(21)8-17)10-3-5-12(19)13(20)6-10/h2-8,18-21H,1H3/b16-14+. The molecule has 22 heavy (non-hydrogen) atoms. The van der Waals surface area contributed by atoms with Crippen molar-refractivity contribution >= 4 is 12.0 Å². The summed E-state index contributed by atoms with van der Waals surface area (Å²) in [5, 5.41) is 38.1. The van der Waals surface area contributed by atoms with Crippen molar-refractivity contribution in [1.82, 2.24) is 0 Å². The van der Waals surface area contributed by atoms with Gasteiger partial charge in [-0.1, -0.05) is 6.07 Å². The van der Waals surface area contributed by atoms with E-state index in [-0.39, 0.29) is 34.9 Å². The van der Waals surface area contributed by atoms with Crippen molar-refractivity contribution < 1.29 is 30.0 Å². The number of benzene rings is 2. The third kappa shape index (κ3) is 3.12. The third-order valence-corrected chi connectivity index (χ3v) is 2.97. The summed E-state index contributed by atoms with van der Waals surface area (Å²) in [5.41, 5.74) is 0.847. The van der Waals surface area contributed by atoms with Crippen LogP contribution in [-0.2, 0) is 4.79 Å². The molecule has 0 aliphatic heterocycles. The number of aliphatic hydroxyl groups excluding tert-OH is 1. The van der Waals surface area contributed by atoms with E-state index < -0.39 is 11.5 Å². The van der Waals surface area contributed by atoms with Crippen LogP contribution in [0.1, 0.15) is 11.1 Å². The van der Waals surface area contributed by atoms with Crippen LogP contribution in [0.5, 0.6) is 23.0 Å². The van der Waals surface area contributed by atoms with Gasteiger partial charge in [0.2, 0.25) is 0 Å². The maximum Gasteiger partial charge on any atom is 0.199 e. The maximum atomic E-state index is 10.9. The minimum absolute atomic E-state index is 0.0425. The maximum absolute atomic E-state index is 10.9. The van der Waals surface area contributed by atoms with E-state index in [2.05, 4.69) is 0 Å². The number of ether oxygens (including phenoxy) is 1. The first kappa shape index (κ1) is 15.2. The molecule has 0 atom stereocenters. The van der Waals surface area contributed by atoms with Gasteiger partial charge in [0.25, 0.3) is 0 Å². The van der Waals surface area contributed by atoms with Crippen LogP contribution < -0.4 is 4.74 Å². The molecule has 0 aliphatic rings. The van der Waals surface area contributed by atoms with Crippen molar-refractivity contribution in [1.29, 1.82) is 0 Å². The number of hydrogen-bond acceptors (Lipinski definition) is 6. The second-order valence-electron chi connectivity index (χ2n) is 4.59. The highest BCUT2D eigenvalue weighted by molar-refractivity contribution is 5.84. The van der Waals surface area contributed by atoms with Crippen molar-refractivity contribution in [3.63, 3.8) is 0 Å². The molecule has 0 bridgehead atoms. The second-order valence-corrected chi connectivity index (χ2v) is 4.59. The fourth-order valence-electron chi connectivity index (χ4n) is 1.79. The number of aryl methyl sites for hydroxylation is 1. The fourth-order valence-corrected chi connectivity index (χ4v) is 1.79. The van der Waals surface area contributed by atoms with Crippen LogP contribution in [0.25, 0.3) is 5.76 Å². The molecule has 0 amide bonds. The number of aromatic hydroxyl groups is 3. The molecule has 2 aromatic carbocycles. The van der Waals surface area contributed by atoms with E-state index in [1.165, 1.54) is 24.3 Å². The van der Waals surface area contributed by atoms with E-state index in [0.717, 1.165) is 6.07 Å². The number of aldehydes is 1. The smallest absolute Gasteiger partial charge is 0.199 e. The lowest BCUT2D eigenvalue weighted by Gasteiger charge is -2.13. The number of carbonyl (C=O) groups is 1. The van der Waals surface area contributed by atoms with Crippen LogP contribution in [-0.4, -0.2) is 26.7 Å². The summed E-state index contributed by atoms with van der Waals surface area (Å²) in [6.07, 6.45) is 0.192. The van der Waals surface area contributed by atoms with Gasteiger partial charge in [-0.25, -0.2) is 0 Å². The molecule has 0 aliphatic carbocycles. The van der Waals surface area contributed by atoms with E-state index in [1.807, 2.05) is 0 Å². The van der Waals surface area contributed by atoms with Gasteiger partial charge in [0, 0.05) is 11.6 Å². The van der Waals surface area contributed by atoms with Gasteiger partial charge in [-0.3, -0.25) is 4.79 Å². The zero-order valence-corrected chi connectivity index (χ0v) is 11.6. The van der Waals surface area contributed by atoms with Crippen molar-refractivity contribution in [3.8, 4) is 23.0 Å². The molecule has 0 heterocycles. The molecule has 114 valence electrons. The monoisotopic (exact) mass is 302 g/mol. The summed E-state index contributed by atoms with van der Waals surface area (Å²) in [7, 11) is 0. The zero-order valence-electron chi connectivity index (χ0n) is 11.6. The van der Waals surface area contributed by atoms with Crippen molar-refractivity contribution in [2.75, 3.05) is 0 Å². The lowest BCUT2D eigenvalue weighted by molar-refractivity contribution is -0.107. The Hall–Kier alpha value is -3.15.